The molecule has 0 aliphatic heterocycles. The number of benzene rings is 2. The number of anilines is 1. The summed E-state index contributed by atoms with van der Waals surface area (Å²) in [5.41, 5.74) is 4.12. The Hall–Kier alpha value is -3.73. The van der Waals surface area contributed by atoms with Crippen LogP contribution in [-0.2, 0) is 24.1 Å². The minimum Gasteiger partial charge on any atom is -0.310 e. The Morgan fingerprint density at radius 2 is 1.59 bits per heavy atom. The zero-order valence-corrected chi connectivity index (χ0v) is 16.0. The minimum absolute atomic E-state index is 0.129. The summed E-state index contributed by atoms with van der Waals surface area (Å²) in [6, 6.07) is 26.0. The summed E-state index contributed by atoms with van der Waals surface area (Å²) in [4.78, 5) is 16.7. The molecule has 5 heteroatoms. The normalized spacial score (nSPS) is 10.6. The third-order valence-corrected chi connectivity index (χ3v) is 4.64. The second-order valence-corrected chi connectivity index (χ2v) is 6.85. The number of pyridine rings is 1. The fourth-order valence-electron chi connectivity index (χ4n) is 3.16. The largest absolute Gasteiger partial charge is 0.310 e. The van der Waals surface area contributed by atoms with Crippen LogP contribution >= 0.6 is 0 Å². The number of rotatable bonds is 7. The Balaban J connectivity index is 1.34. The van der Waals surface area contributed by atoms with E-state index in [9.17, 15) is 4.79 Å². The molecule has 2 heterocycles. The van der Waals surface area contributed by atoms with E-state index in [1.807, 2.05) is 72.9 Å². The predicted octanol–water partition coefficient (Wildman–Crippen LogP) is 4.23. The molecule has 0 atom stereocenters. The van der Waals surface area contributed by atoms with Crippen molar-refractivity contribution >= 4 is 11.7 Å². The van der Waals surface area contributed by atoms with Gasteiger partial charge in [-0.2, -0.15) is 5.10 Å². The summed E-state index contributed by atoms with van der Waals surface area (Å²) >= 11 is 0. The standard InChI is InChI=1S/C24H22N4O/c29-24(18-21-14-16-28(27-21)22-9-5-2-6-10-22)26-23-17-20(13-15-25-23)12-11-19-7-3-1-4-8-19/h1-10,13-17H,11-12,18H2,(H,25,26,29). The quantitative estimate of drug-likeness (QED) is 0.520. The van der Waals surface area contributed by atoms with Gasteiger partial charge in [-0.1, -0.05) is 48.5 Å². The fraction of sp³-hybridized carbons (Fsp3) is 0.125. The van der Waals surface area contributed by atoms with E-state index in [0.717, 1.165) is 24.1 Å². The second kappa shape index (κ2) is 8.97. The van der Waals surface area contributed by atoms with Gasteiger partial charge in [0.05, 0.1) is 17.8 Å². The number of nitrogens with one attached hydrogen (secondary N) is 1. The van der Waals surface area contributed by atoms with Crippen LogP contribution in [0.1, 0.15) is 16.8 Å². The lowest BCUT2D eigenvalue weighted by molar-refractivity contribution is -0.115. The molecule has 0 fully saturated rings. The molecule has 0 aliphatic rings. The number of amides is 1. The molecule has 0 radical (unpaired) electrons. The lowest BCUT2D eigenvalue weighted by Gasteiger charge is -2.06. The lowest BCUT2D eigenvalue weighted by Crippen LogP contribution is -2.16. The van der Waals surface area contributed by atoms with Gasteiger partial charge >= 0.3 is 0 Å². The molecule has 2 aromatic carbocycles. The van der Waals surface area contributed by atoms with Crippen molar-refractivity contribution < 1.29 is 4.79 Å². The number of hydrogen-bond donors (Lipinski definition) is 1. The molecule has 1 N–H and O–H groups in total. The number of para-hydroxylation sites is 1. The SMILES string of the molecule is O=C(Cc1ccn(-c2ccccc2)n1)Nc1cc(CCc2ccccc2)ccn1. The molecule has 5 nitrogen and oxygen atoms in total. The maximum atomic E-state index is 12.4. The highest BCUT2D eigenvalue weighted by Crippen LogP contribution is 2.12. The Labute approximate surface area is 170 Å². The number of carbonyl (C=O) groups is 1. The first-order chi connectivity index (χ1) is 14.3. The maximum absolute atomic E-state index is 12.4. The number of carbonyl (C=O) groups excluding carboxylic acids is 1. The molecule has 0 bridgehead atoms. The van der Waals surface area contributed by atoms with E-state index in [4.69, 9.17) is 0 Å². The highest BCUT2D eigenvalue weighted by Gasteiger charge is 2.09. The van der Waals surface area contributed by atoms with E-state index in [-0.39, 0.29) is 12.3 Å². The average Bonchev–Trinajstić information content (AvgIpc) is 3.22. The average molecular weight is 382 g/mol. The third-order valence-electron chi connectivity index (χ3n) is 4.64. The van der Waals surface area contributed by atoms with E-state index < -0.39 is 0 Å². The van der Waals surface area contributed by atoms with Gasteiger partial charge in [0.25, 0.3) is 0 Å². The van der Waals surface area contributed by atoms with Crippen LogP contribution in [0.4, 0.5) is 5.82 Å². The molecule has 144 valence electrons. The lowest BCUT2D eigenvalue weighted by atomic mass is 10.1. The van der Waals surface area contributed by atoms with Crippen LogP contribution in [0.25, 0.3) is 5.69 Å². The van der Waals surface area contributed by atoms with Crippen LogP contribution in [0.15, 0.2) is 91.3 Å². The van der Waals surface area contributed by atoms with E-state index >= 15 is 0 Å². The number of aryl methyl sites for hydroxylation is 2. The Morgan fingerprint density at radius 1 is 0.862 bits per heavy atom. The molecule has 4 rings (SSSR count). The summed E-state index contributed by atoms with van der Waals surface area (Å²) in [6.07, 6.45) is 5.66. The topological polar surface area (TPSA) is 59.8 Å². The Kier molecular flexibility index (Phi) is 5.76. The second-order valence-electron chi connectivity index (χ2n) is 6.85. The van der Waals surface area contributed by atoms with Crippen molar-refractivity contribution in [3.63, 3.8) is 0 Å². The summed E-state index contributed by atoms with van der Waals surface area (Å²) in [5.74, 6) is 0.444. The summed E-state index contributed by atoms with van der Waals surface area (Å²) in [7, 11) is 0. The molecule has 1 amide bonds. The number of hydrogen-bond acceptors (Lipinski definition) is 3. The number of aromatic nitrogens is 3. The van der Waals surface area contributed by atoms with Crippen molar-refractivity contribution in [3.05, 3.63) is 108 Å². The van der Waals surface area contributed by atoms with Crippen molar-refractivity contribution in [1.82, 2.24) is 14.8 Å². The molecule has 0 saturated heterocycles. The van der Waals surface area contributed by atoms with Gasteiger partial charge in [0.2, 0.25) is 5.91 Å². The molecule has 29 heavy (non-hydrogen) atoms. The molecular formula is C24H22N4O. The zero-order chi connectivity index (χ0) is 19.9. The molecule has 0 spiro atoms. The van der Waals surface area contributed by atoms with Gasteiger partial charge in [-0.15, -0.1) is 0 Å². The van der Waals surface area contributed by atoms with Gasteiger partial charge < -0.3 is 5.32 Å². The van der Waals surface area contributed by atoms with E-state index in [1.165, 1.54) is 5.56 Å². The van der Waals surface area contributed by atoms with Gasteiger partial charge in [0.15, 0.2) is 0 Å². The molecule has 0 saturated carbocycles. The van der Waals surface area contributed by atoms with Gasteiger partial charge in [-0.25, -0.2) is 9.67 Å². The highest BCUT2D eigenvalue weighted by atomic mass is 16.1. The van der Waals surface area contributed by atoms with Gasteiger partial charge in [0.1, 0.15) is 5.82 Å². The van der Waals surface area contributed by atoms with E-state index in [1.54, 1.807) is 10.9 Å². The van der Waals surface area contributed by atoms with Gasteiger partial charge in [0, 0.05) is 12.4 Å². The van der Waals surface area contributed by atoms with Crippen LogP contribution < -0.4 is 5.32 Å². The van der Waals surface area contributed by atoms with Crippen molar-refractivity contribution in [2.24, 2.45) is 0 Å². The minimum atomic E-state index is -0.129. The summed E-state index contributed by atoms with van der Waals surface area (Å²) in [6.45, 7) is 0. The van der Waals surface area contributed by atoms with E-state index in [0.29, 0.717) is 11.5 Å². The smallest absolute Gasteiger partial charge is 0.231 e. The van der Waals surface area contributed by atoms with Crippen molar-refractivity contribution in [2.45, 2.75) is 19.3 Å². The maximum Gasteiger partial charge on any atom is 0.231 e. The zero-order valence-electron chi connectivity index (χ0n) is 16.0. The third kappa shape index (κ3) is 5.17. The van der Waals surface area contributed by atoms with Crippen molar-refractivity contribution in [3.8, 4) is 5.69 Å². The van der Waals surface area contributed by atoms with Crippen molar-refractivity contribution in [2.75, 3.05) is 5.32 Å². The van der Waals surface area contributed by atoms with Crippen LogP contribution in [0, 0.1) is 0 Å². The number of nitrogens with zero attached hydrogens (tertiary/aromatic N) is 3. The summed E-state index contributed by atoms with van der Waals surface area (Å²) < 4.78 is 1.77. The Morgan fingerprint density at radius 3 is 2.38 bits per heavy atom. The van der Waals surface area contributed by atoms with Gasteiger partial charge in [-0.05, 0) is 54.3 Å². The molecular weight excluding hydrogens is 360 g/mol. The first-order valence-corrected chi connectivity index (χ1v) is 9.65. The first kappa shape index (κ1) is 18.6. The van der Waals surface area contributed by atoms with Crippen LogP contribution in [0.5, 0.6) is 0 Å². The monoisotopic (exact) mass is 382 g/mol. The summed E-state index contributed by atoms with van der Waals surface area (Å²) in [5, 5.41) is 7.36. The van der Waals surface area contributed by atoms with Crippen LogP contribution in [0.2, 0.25) is 0 Å². The molecule has 0 unspecified atom stereocenters. The molecule has 2 aromatic heterocycles. The van der Waals surface area contributed by atoms with Crippen molar-refractivity contribution in [1.29, 1.82) is 0 Å². The molecule has 0 aliphatic carbocycles. The van der Waals surface area contributed by atoms with Gasteiger partial charge in [-0.3, -0.25) is 4.79 Å². The van der Waals surface area contributed by atoms with Crippen LogP contribution in [0.3, 0.4) is 0 Å². The molecule has 4 aromatic rings. The predicted molar refractivity (Wildman–Crippen MR) is 114 cm³/mol. The van der Waals surface area contributed by atoms with Crippen LogP contribution in [-0.4, -0.2) is 20.7 Å². The highest BCUT2D eigenvalue weighted by molar-refractivity contribution is 5.91. The Bertz CT molecular complexity index is 1070. The van der Waals surface area contributed by atoms with E-state index in [2.05, 4.69) is 27.5 Å². The fourth-order valence-corrected chi connectivity index (χ4v) is 3.16. The first-order valence-electron chi connectivity index (χ1n) is 9.65.